The van der Waals surface area contributed by atoms with Crippen LogP contribution in [0.1, 0.15) is 51.1 Å². The lowest BCUT2D eigenvalue weighted by atomic mass is 10.1. The van der Waals surface area contributed by atoms with Gasteiger partial charge in [0, 0.05) is 24.2 Å². The second-order valence-corrected chi connectivity index (χ2v) is 6.30. The van der Waals surface area contributed by atoms with Crippen LogP contribution in [0.3, 0.4) is 0 Å². The summed E-state index contributed by atoms with van der Waals surface area (Å²) in [7, 11) is 0. The average Bonchev–Trinajstić information content (AvgIpc) is 2.61. The van der Waals surface area contributed by atoms with Crippen molar-refractivity contribution >= 4 is 11.8 Å². The third-order valence-electron chi connectivity index (χ3n) is 4.05. The highest BCUT2D eigenvalue weighted by atomic mass is 16.2. The van der Waals surface area contributed by atoms with E-state index in [1.54, 1.807) is 0 Å². The Kier molecular flexibility index (Phi) is 7.20. The first kappa shape index (κ1) is 18.7. The van der Waals surface area contributed by atoms with Crippen LogP contribution in [0.2, 0.25) is 0 Å². The Balaban J connectivity index is 1.56. The molecular formula is C21H26N2O2. The number of rotatable bonds is 8. The summed E-state index contributed by atoms with van der Waals surface area (Å²) >= 11 is 0. The highest BCUT2D eigenvalue weighted by Crippen LogP contribution is 2.04. The molecule has 25 heavy (non-hydrogen) atoms. The smallest absolute Gasteiger partial charge is 0.251 e. The third kappa shape index (κ3) is 6.42. The molecule has 2 aromatic rings. The molecule has 0 aliphatic rings. The molecule has 2 rings (SSSR count). The summed E-state index contributed by atoms with van der Waals surface area (Å²) in [4.78, 5) is 23.9. The van der Waals surface area contributed by atoms with Gasteiger partial charge in [-0.1, -0.05) is 35.4 Å². The summed E-state index contributed by atoms with van der Waals surface area (Å²) in [6.07, 6.45) is 2.76. The van der Waals surface area contributed by atoms with Crippen molar-refractivity contribution in [3.05, 3.63) is 70.8 Å². The number of carbonyl (C=O) groups is 2. The quantitative estimate of drug-likeness (QED) is 0.722. The zero-order valence-electron chi connectivity index (χ0n) is 15.0. The molecule has 0 atom stereocenters. The summed E-state index contributed by atoms with van der Waals surface area (Å²) in [6, 6.07) is 15.1. The van der Waals surface area contributed by atoms with Crippen LogP contribution in [-0.2, 0) is 0 Å². The van der Waals surface area contributed by atoms with Gasteiger partial charge < -0.3 is 10.6 Å². The fourth-order valence-electron chi connectivity index (χ4n) is 2.44. The van der Waals surface area contributed by atoms with Crippen molar-refractivity contribution in [1.29, 1.82) is 0 Å². The van der Waals surface area contributed by atoms with E-state index in [-0.39, 0.29) is 11.8 Å². The molecule has 4 nitrogen and oxygen atoms in total. The molecule has 0 saturated heterocycles. The Hall–Kier alpha value is -2.62. The van der Waals surface area contributed by atoms with E-state index in [1.807, 2.05) is 62.4 Å². The maximum absolute atomic E-state index is 11.9. The minimum Gasteiger partial charge on any atom is -0.352 e. The number of benzene rings is 2. The highest BCUT2D eigenvalue weighted by Gasteiger charge is 2.05. The molecule has 0 aliphatic heterocycles. The molecule has 0 spiro atoms. The average molecular weight is 338 g/mol. The fourth-order valence-corrected chi connectivity index (χ4v) is 2.44. The van der Waals surface area contributed by atoms with Gasteiger partial charge in [0.25, 0.3) is 11.8 Å². The van der Waals surface area contributed by atoms with E-state index in [0.29, 0.717) is 24.2 Å². The lowest BCUT2D eigenvalue weighted by Gasteiger charge is -2.07. The van der Waals surface area contributed by atoms with Gasteiger partial charge in [-0.3, -0.25) is 9.59 Å². The SMILES string of the molecule is Cc1ccc(C(=O)NCCCCCNC(=O)c2ccc(C)cc2)cc1. The lowest BCUT2D eigenvalue weighted by molar-refractivity contribution is 0.0947. The summed E-state index contributed by atoms with van der Waals surface area (Å²) in [5.41, 5.74) is 3.67. The zero-order chi connectivity index (χ0) is 18.1. The van der Waals surface area contributed by atoms with Crippen molar-refractivity contribution < 1.29 is 9.59 Å². The van der Waals surface area contributed by atoms with Crippen LogP contribution >= 0.6 is 0 Å². The van der Waals surface area contributed by atoms with E-state index in [4.69, 9.17) is 0 Å². The summed E-state index contributed by atoms with van der Waals surface area (Å²) in [6.45, 7) is 5.30. The number of unbranched alkanes of at least 4 members (excludes halogenated alkanes) is 2. The number of hydrogen-bond acceptors (Lipinski definition) is 2. The van der Waals surface area contributed by atoms with Crippen molar-refractivity contribution in [2.75, 3.05) is 13.1 Å². The van der Waals surface area contributed by atoms with Gasteiger partial charge in [-0.2, -0.15) is 0 Å². The first-order valence-corrected chi connectivity index (χ1v) is 8.76. The van der Waals surface area contributed by atoms with E-state index >= 15 is 0 Å². The minimum atomic E-state index is -0.0346. The van der Waals surface area contributed by atoms with Crippen molar-refractivity contribution in [3.8, 4) is 0 Å². The molecule has 0 saturated carbocycles. The number of nitrogens with one attached hydrogen (secondary N) is 2. The summed E-state index contributed by atoms with van der Waals surface area (Å²) < 4.78 is 0. The Labute approximate surface area is 149 Å². The van der Waals surface area contributed by atoms with Crippen molar-refractivity contribution in [3.63, 3.8) is 0 Å². The molecule has 4 heteroatoms. The van der Waals surface area contributed by atoms with E-state index in [9.17, 15) is 9.59 Å². The van der Waals surface area contributed by atoms with E-state index in [0.717, 1.165) is 30.4 Å². The Morgan fingerprint density at radius 2 is 1.00 bits per heavy atom. The van der Waals surface area contributed by atoms with Gasteiger partial charge in [0.1, 0.15) is 0 Å². The highest BCUT2D eigenvalue weighted by molar-refractivity contribution is 5.94. The van der Waals surface area contributed by atoms with E-state index in [2.05, 4.69) is 10.6 Å². The summed E-state index contributed by atoms with van der Waals surface area (Å²) in [5.74, 6) is -0.0691. The van der Waals surface area contributed by atoms with Crippen LogP contribution in [0.4, 0.5) is 0 Å². The van der Waals surface area contributed by atoms with Gasteiger partial charge >= 0.3 is 0 Å². The third-order valence-corrected chi connectivity index (χ3v) is 4.05. The molecule has 0 bridgehead atoms. The maximum atomic E-state index is 11.9. The van der Waals surface area contributed by atoms with Crippen LogP contribution in [0.15, 0.2) is 48.5 Å². The fraction of sp³-hybridized carbons (Fsp3) is 0.333. The van der Waals surface area contributed by atoms with E-state index in [1.165, 1.54) is 0 Å². The molecule has 0 fully saturated rings. The molecule has 0 radical (unpaired) electrons. The minimum absolute atomic E-state index is 0.0346. The van der Waals surface area contributed by atoms with Gasteiger partial charge in [-0.05, 0) is 57.4 Å². The second kappa shape index (κ2) is 9.62. The molecule has 132 valence electrons. The van der Waals surface area contributed by atoms with Gasteiger partial charge in [0.15, 0.2) is 0 Å². The van der Waals surface area contributed by atoms with Crippen LogP contribution in [0.5, 0.6) is 0 Å². The number of carbonyl (C=O) groups excluding carboxylic acids is 2. The molecule has 0 aromatic heterocycles. The second-order valence-electron chi connectivity index (χ2n) is 6.30. The standard InChI is InChI=1S/C21H26N2O2/c1-16-6-10-18(11-7-16)20(24)22-14-4-3-5-15-23-21(25)19-12-8-17(2)9-13-19/h6-13H,3-5,14-15H2,1-2H3,(H,22,24)(H,23,25). The summed E-state index contributed by atoms with van der Waals surface area (Å²) in [5, 5.41) is 5.85. The zero-order valence-corrected chi connectivity index (χ0v) is 15.0. The first-order chi connectivity index (χ1) is 12.1. The molecule has 0 aliphatic carbocycles. The van der Waals surface area contributed by atoms with E-state index < -0.39 is 0 Å². The number of aryl methyl sites for hydroxylation is 2. The Morgan fingerprint density at radius 1 is 0.640 bits per heavy atom. The van der Waals surface area contributed by atoms with Crippen molar-refractivity contribution in [2.24, 2.45) is 0 Å². The number of hydrogen-bond donors (Lipinski definition) is 2. The van der Waals surface area contributed by atoms with Gasteiger partial charge in [0.2, 0.25) is 0 Å². The predicted molar refractivity (Wildman–Crippen MR) is 101 cm³/mol. The molecule has 2 amide bonds. The topological polar surface area (TPSA) is 58.2 Å². The lowest BCUT2D eigenvalue weighted by Crippen LogP contribution is -2.26. The van der Waals surface area contributed by atoms with Crippen molar-refractivity contribution in [1.82, 2.24) is 10.6 Å². The van der Waals surface area contributed by atoms with Crippen molar-refractivity contribution in [2.45, 2.75) is 33.1 Å². The Morgan fingerprint density at radius 3 is 1.36 bits per heavy atom. The van der Waals surface area contributed by atoms with Gasteiger partial charge in [0.05, 0.1) is 0 Å². The monoisotopic (exact) mass is 338 g/mol. The molecular weight excluding hydrogens is 312 g/mol. The number of amides is 2. The van der Waals surface area contributed by atoms with Crippen LogP contribution in [-0.4, -0.2) is 24.9 Å². The molecule has 2 aromatic carbocycles. The van der Waals surface area contributed by atoms with Gasteiger partial charge in [-0.25, -0.2) is 0 Å². The van der Waals surface area contributed by atoms with Crippen LogP contribution in [0, 0.1) is 13.8 Å². The molecule has 0 unspecified atom stereocenters. The van der Waals surface area contributed by atoms with Crippen LogP contribution in [0.25, 0.3) is 0 Å². The maximum Gasteiger partial charge on any atom is 0.251 e. The van der Waals surface area contributed by atoms with Crippen LogP contribution < -0.4 is 10.6 Å². The largest absolute Gasteiger partial charge is 0.352 e. The first-order valence-electron chi connectivity index (χ1n) is 8.76. The normalized spacial score (nSPS) is 10.3. The van der Waals surface area contributed by atoms with Gasteiger partial charge in [-0.15, -0.1) is 0 Å². The Bertz CT molecular complexity index is 629. The predicted octanol–water partition coefficient (Wildman–Crippen LogP) is 3.63. The molecule has 2 N–H and O–H groups in total. The molecule has 0 heterocycles.